The van der Waals surface area contributed by atoms with Gasteiger partial charge in [-0.2, -0.15) is 0 Å². The first-order valence-corrected chi connectivity index (χ1v) is 3.06. The monoisotopic (exact) mass is 124 g/mol. The SMILES string of the molecule is O=S(O)C1(F)CC1. The van der Waals surface area contributed by atoms with Crippen LogP contribution in [-0.2, 0) is 11.1 Å². The summed E-state index contributed by atoms with van der Waals surface area (Å²) in [5.74, 6) is 0. The molecule has 0 bridgehead atoms. The molecule has 1 unspecified atom stereocenters. The summed E-state index contributed by atoms with van der Waals surface area (Å²) in [4.78, 5) is 0. The normalized spacial score (nSPS) is 29.4. The molecule has 0 amide bonds. The molecule has 1 aliphatic rings. The van der Waals surface area contributed by atoms with Gasteiger partial charge in [0.1, 0.15) is 0 Å². The molecule has 1 rings (SSSR count). The van der Waals surface area contributed by atoms with Gasteiger partial charge in [0.2, 0.25) is 5.00 Å². The predicted molar refractivity (Wildman–Crippen MR) is 23.8 cm³/mol. The highest BCUT2D eigenvalue weighted by molar-refractivity contribution is 7.80. The van der Waals surface area contributed by atoms with Crippen molar-refractivity contribution >= 4 is 11.1 Å². The van der Waals surface area contributed by atoms with Gasteiger partial charge < -0.3 is 4.55 Å². The average Bonchev–Trinajstić information content (AvgIpc) is 2.21. The van der Waals surface area contributed by atoms with Gasteiger partial charge in [0, 0.05) is 0 Å². The quantitative estimate of drug-likeness (QED) is 0.521. The minimum Gasteiger partial charge on any atom is -0.304 e. The van der Waals surface area contributed by atoms with E-state index in [-0.39, 0.29) is 12.8 Å². The van der Waals surface area contributed by atoms with Crippen LogP contribution in [0.5, 0.6) is 0 Å². The van der Waals surface area contributed by atoms with E-state index in [1.54, 1.807) is 0 Å². The Morgan fingerprint density at radius 2 is 2.14 bits per heavy atom. The summed E-state index contributed by atoms with van der Waals surface area (Å²) in [5, 5.41) is -1.72. The summed E-state index contributed by atoms with van der Waals surface area (Å²) >= 11 is -2.24. The molecule has 4 heteroatoms. The standard InChI is InChI=1S/C3H5FO2S/c4-3(1-2-3)7(5)6/h1-2H2,(H,5,6). The molecule has 1 N–H and O–H groups in total. The number of halogens is 1. The van der Waals surface area contributed by atoms with Crippen LogP contribution < -0.4 is 0 Å². The third-order valence-electron chi connectivity index (χ3n) is 0.956. The van der Waals surface area contributed by atoms with Gasteiger partial charge in [0.05, 0.1) is 0 Å². The predicted octanol–water partition coefficient (Wildman–Crippen LogP) is 0.668. The maximum Gasteiger partial charge on any atom is 0.210 e. The summed E-state index contributed by atoms with van der Waals surface area (Å²) in [6.45, 7) is 0. The van der Waals surface area contributed by atoms with E-state index in [0.717, 1.165) is 0 Å². The molecule has 42 valence electrons. The first-order chi connectivity index (χ1) is 3.15. The maximum atomic E-state index is 12.1. The third kappa shape index (κ3) is 0.809. The molecule has 1 fully saturated rings. The molecule has 0 saturated heterocycles. The fourth-order valence-electron chi connectivity index (χ4n) is 0.273. The van der Waals surface area contributed by atoms with E-state index < -0.39 is 16.1 Å². The van der Waals surface area contributed by atoms with Crippen LogP contribution in [0.1, 0.15) is 12.8 Å². The van der Waals surface area contributed by atoms with Crippen LogP contribution in [0.15, 0.2) is 0 Å². The number of alkyl halides is 1. The molecular weight excluding hydrogens is 119 g/mol. The molecule has 0 radical (unpaired) electrons. The van der Waals surface area contributed by atoms with E-state index in [2.05, 4.69) is 0 Å². The van der Waals surface area contributed by atoms with Gasteiger partial charge in [0.15, 0.2) is 11.1 Å². The first kappa shape index (κ1) is 5.18. The fraction of sp³-hybridized carbons (Fsp3) is 1.00. The lowest BCUT2D eigenvalue weighted by molar-refractivity contribution is 0.393. The van der Waals surface area contributed by atoms with Crippen LogP contribution in [0.25, 0.3) is 0 Å². The van der Waals surface area contributed by atoms with Crippen molar-refractivity contribution in [2.45, 2.75) is 17.8 Å². The maximum absolute atomic E-state index is 12.1. The van der Waals surface area contributed by atoms with Crippen LogP contribution in [0.4, 0.5) is 4.39 Å². The summed E-state index contributed by atoms with van der Waals surface area (Å²) < 4.78 is 29.9. The zero-order chi connectivity index (χ0) is 5.49. The van der Waals surface area contributed by atoms with Crippen molar-refractivity contribution in [2.24, 2.45) is 0 Å². The Morgan fingerprint density at radius 3 is 2.14 bits per heavy atom. The molecule has 0 aromatic rings. The average molecular weight is 124 g/mol. The topological polar surface area (TPSA) is 37.3 Å². The van der Waals surface area contributed by atoms with Crippen LogP contribution >= 0.6 is 0 Å². The van der Waals surface area contributed by atoms with Crippen molar-refractivity contribution in [2.75, 3.05) is 0 Å². The summed E-state index contributed by atoms with van der Waals surface area (Å²) in [6, 6.07) is 0. The van der Waals surface area contributed by atoms with Crippen molar-refractivity contribution < 1.29 is 13.2 Å². The highest BCUT2D eigenvalue weighted by atomic mass is 32.2. The van der Waals surface area contributed by atoms with Gasteiger partial charge in [-0.15, -0.1) is 0 Å². The van der Waals surface area contributed by atoms with E-state index in [0.29, 0.717) is 0 Å². The van der Waals surface area contributed by atoms with Gasteiger partial charge in [-0.25, -0.2) is 8.60 Å². The zero-order valence-corrected chi connectivity index (χ0v) is 4.37. The van der Waals surface area contributed by atoms with Gasteiger partial charge in [-0.3, -0.25) is 0 Å². The van der Waals surface area contributed by atoms with E-state index in [4.69, 9.17) is 4.55 Å². The Kier molecular flexibility index (Phi) is 0.932. The molecule has 0 aromatic heterocycles. The van der Waals surface area contributed by atoms with Crippen molar-refractivity contribution in [1.82, 2.24) is 0 Å². The lowest BCUT2D eigenvalue weighted by Crippen LogP contribution is -2.06. The molecule has 2 nitrogen and oxygen atoms in total. The van der Waals surface area contributed by atoms with Gasteiger partial charge in [0.25, 0.3) is 0 Å². The molecule has 7 heavy (non-hydrogen) atoms. The van der Waals surface area contributed by atoms with Crippen molar-refractivity contribution in [1.29, 1.82) is 0 Å². The number of rotatable bonds is 1. The van der Waals surface area contributed by atoms with Crippen molar-refractivity contribution in [3.63, 3.8) is 0 Å². The summed E-state index contributed by atoms with van der Waals surface area (Å²) in [7, 11) is 0. The smallest absolute Gasteiger partial charge is 0.210 e. The zero-order valence-electron chi connectivity index (χ0n) is 3.56. The molecule has 1 aliphatic carbocycles. The molecule has 0 aliphatic heterocycles. The summed E-state index contributed by atoms with van der Waals surface area (Å²) in [6.07, 6.45) is 0.492. The summed E-state index contributed by atoms with van der Waals surface area (Å²) in [5.41, 5.74) is 0. The van der Waals surface area contributed by atoms with Crippen LogP contribution in [0.2, 0.25) is 0 Å². The fourth-order valence-corrected chi connectivity index (χ4v) is 0.724. The number of hydrogen-bond donors (Lipinski definition) is 1. The molecule has 0 heterocycles. The second-order valence-electron chi connectivity index (χ2n) is 1.63. The minimum absolute atomic E-state index is 0.246. The highest BCUT2D eigenvalue weighted by Crippen LogP contribution is 2.41. The van der Waals surface area contributed by atoms with Crippen LogP contribution in [0.3, 0.4) is 0 Å². The molecule has 0 spiro atoms. The van der Waals surface area contributed by atoms with Crippen LogP contribution in [-0.4, -0.2) is 13.8 Å². The van der Waals surface area contributed by atoms with Crippen molar-refractivity contribution in [3.8, 4) is 0 Å². The first-order valence-electron chi connectivity index (χ1n) is 1.95. The molecule has 1 saturated carbocycles. The second kappa shape index (κ2) is 1.26. The lowest BCUT2D eigenvalue weighted by Gasteiger charge is -1.91. The third-order valence-corrected chi connectivity index (χ3v) is 1.99. The van der Waals surface area contributed by atoms with E-state index in [9.17, 15) is 8.60 Å². The van der Waals surface area contributed by atoms with Gasteiger partial charge in [-0.05, 0) is 12.8 Å². The minimum atomic E-state index is -2.24. The Bertz CT molecular complexity index is 110. The Balaban J connectivity index is 2.55. The van der Waals surface area contributed by atoms with Gasteiger partial charge in [-0.1, -0.05) is 0 Å². The molecular formula is C3H5FO2S. The Morgan fingerprint density at radius 1 is 1.71 bits per heavy atom. The Hall–Kier alpha value is 0.0400. The van der Waals surface area contributed by atoms with E-state index in [1.165, 1.54) is 0 Å². The Labute approximate surface area is 43.0 Å². The van der Waals surface area contributed by atoms with E-state index in [1.807, 2.05) is 0 Å². The molecule has 1 atom stereocenters. The second-order valence-corrected chi connectivity index (χ2v) is 2.86. The van der Waals surface area contributed by atoms with Gasteiger partial charge >= 0.3 is 0 Å². The van der Waals surface area contributed by atoms with E-state index >= 15 is 0 Å². The largest absolute Gasteiger partial charge is 0.304 e. The molecule has 0 aromatic carbocycles. The van der Waals surface area contributed by atoms with Crippen LogP contribution in [0, 0.1) is 0 Å². The lowest BCUT2D eigenvalue weighted by atomic mass is 10.9. The highest BCUT2D eigenvalue weighted by Gasteiger charge is 2.49. The number of hydrogen-bond acceptors (Lipinski definition) is 1. The van der Waals surface area contributed by atoms with Crippen molar-refractivity contribution in [3.05, 3.63) is 0 Å².